The predicted molar refractivity (Wildman–Crippen MR) is 43.6 cm³/mol. The standard InChI is InChI=1S/C9H18/c1-3-5-7-9-8-6-4-2/h7,9H,3-6,8H2,1-2H3/b9-7-. The van der Waals surface area contributed by atoms with Crippen molar-refractivity contribution in [3.05, 3.63) is 12.2 Å². The van der Waals surface area contributed by atoms with Gasteiger partial charge in [-0.3, -0.25) is 0 Å². The van der Waals surface area contributed by atoms with E-state index in [1.165, 1.54) is 32.1 Å². The summed E-state index contributed by atoms with van der Waals surface area (Å²) in [7, 11) is 0. The molecule has 0 aliphatic heterocycles. The number of hydrogen-bond donors (Lipinski definition) is 0. The Bertz CT molecular complexity index is 62.4. The lowest BCUT2D eigenvalue weighted by Crippen LogP contribution is -1.66. The molecular formula is C9H18. The maximum absolute atomic E-state index is 2.30. The van der Waals surface area contributed by atoms with Crippen LogP contribution in [-0.2, 0) is 0 Å². The Kier molecular flexibility index (Phi) is 7.52. The van der Waals surface area contributed by atoms with Gasteiger partial charge in [0.05, 0.1) is 0 Å². The van der Waals surface area contributed by atoms with E-state index < -0.39 is 0 Å². The highest BCUT2D eigenvalue weighted by Gasteiger charge is 1.76. The van der Waals surface area contributed by atoms with Crippen molar-refractivity contribution in [1.82, 2.24) is 0 Å². The van der Waals surface area contributed by atoms with Gasteiger partial charge in [0.2, 0.25) is 0 Å². The van der Waals surface area contributed by atoms with E-state index in [0.29, 0.717) is 0 Å². The maximum atomic E-state index is 2.30. The minimum Gasteiger partial charge on any atom is -0.0885 e. The highest BCUT2D eigenvalue weighted by atomic mass is 13.8. The lowest BCUT2D eigenvalue weighted by Gasteiger charge is -1.87. The van der Waals surface area contributed by atoms with E-state index in [0.717, 1.165) is 0 Å². The van der Waals surface area contributed by atoms with Crippen LogP contribution in [0, 0.1) is 0 Å². The van der Waals surface area contributed by atoms with Gasteiger partial charge in [-0.15, -0.1) is 0 Å². The number of allylic oxidation sites excluding steroid dienone is 2. The van der Waals surface area contributed by atoms with E-state index in [-0.39, 0.29) is 0 Å². The Hall–Kier alpha value is -0.260. The summed E-state index contributed by atoms with van der Waals surface area (Å²) in [6, 6.07) is 0. The molecule has 0 nitrogen and oxygen atoms in total. The van der Waals surface area contributed by atoms with Crippen LogP contribution in [0.3, 0.4) is 0 Å². The molecule has 0 atom stereocenters. The first kappa shape index (κ1) is 8.74. The molecule has 0 unspecified atom stereocenters. The zero-order chi connectivity index (χ0) is 6.95. The van der Waals surface area contributed by atoms with Gasteiger partial charge in [-0.2, -0.15) is 0 Å². The van der Waals surface area contributed by atoms with Crippen LogP contribution in [0.4, 0.5) is 0 Å². The molecule has 0 saturated heterocycles. The summed E-state index contributed by atoms with van der Waals surface area (Å²) in [4.78, 5) is 0. The van der Waals surface area contributed by atoms with Crippen molar-refractivity contribution < 1.29 is 0 Å². The first-order valence-electron chi connectivity index (χ1n) is 4.06. The molecule has 54 valence electrons. The highest BCUT2D eigenvalue weighted by Crippen LogP contribution is 1.96. The normalized spacial score (nSPS) is 10.9. The maximum Gasteiger partial charge on any atom is -0.0351 e. The van der Waals surface area contributed by atoms with Gasteiger partial charge in [-0.1, -0.05) is 45.3 Å². The quantitative estimate of drug-likeness (QED) is 0.390. The molecule has 0 aromatic rings. The van der Waals surface area contributed by atoms with Crippen molar-refractivity contribution in [2.45, 2.75) is 46.0 Å². The molecule has 0 rings (SSSR count). The van der Waals surface area contributed by atoms with E-state index in [1.54, 1.807) is 0 Å². The van der Waals surface area contributed by atoms with Crippen molar-refractivity contribution >= 4 is 0 Å². The molecule has 9 heavy (non-hydrogen) atoms. The third-order valence-electron chi connectivity index (χ3n) is 1.35. The Balaban J connectivity index is 2.86. The van der Waals surface area contributed by atoms with Gasteiger partial charge in [0, 0.05) is 0 Å². The topological polar surface area (TPSA) is 0 Å². The SMILES string of the molecule is CCC/C=C\CCCC. The molecule has 0 aliphatic rings. The fraction of sp³-hybridized carbons (Fsp3) is 0.778. The zero-order valence-corrected chi connectivity index (χ0v) is 6.69. The lowest BCUT2D eigenvalue weighted by molar-refractivity contribution is 0.810. The molecule has 0 radical (unpaired) electrons. The van der Waals surface area contributed by atoms with E-state index in [1.807, 2.05) is 0 Å². The Morgan fingerprint density at radius 3 is 2.11 bits per heavy atom. The van der Waals surface area contributed by atoms with Gasteiger partial charge in [-0.25, -0.2) is 0 Å². The summed E-state index contributed by atoms with van der Waals surface area (Å²) >= 11 is 0. The summed E-state index contributed by atoms with van der Waals surface area (Å²) in [6.45, 7) is 4.44. The third-order valence-corrected chi connectivity index (χ3v) is 1.35. The van der Waals surface area contributed by atoms with Crippen LogP contribution in [0.2, 0.25) is 0 Å². The van der Waals surface area contributed by atoms with Gasteiger partial charge in [0.1, 0.15) is 0 Å². The fourth-order valence-electron chi connectivity index (χ4n) is 0.724. The van der Waals surface area contributed by atoms with Gasteiger partial charge in [-0.05, 0) is 12.8 Å². The fourth-order valence-corrected chi connectivity index (χ4v) is 0.724. The van der Waals surface area contributed by atoms with E-state index in [9.17, 15) is 0 Å². The molecule has 0 aliphatic carbocycles. The smallest absolute Gasteiger partial charge is 0.0351 e. The first-order chi connectivity index (χ1) is 4.41. The van der Waals surface area contributed by atoms with Crippen LogP contribution >= 0.6 is 0 Å². The third kappa shape index (κ3) is 7.74. The van der Waals surface area contributed by atoms with E-state index in [2.05, 4.69) is 26.0 Å². The molecule has 0 heterocycles. The molecule has 0 spiro atoms. The van der Waals surface area contributed by atoms with Crippen LogP contribution in [0.1, 0.15) is 46.0 Å². The van der Waals surface area contributed by atoms with Crippen molar-refractivity contribution in [2.75, 3.05) is 0 Å². The molecule has 0 bridgehead atoms. The number of hydrogen-bond acceptors (Lipinski definition) is 0. The molecule has 0 aromatic heterocycles. The van der Waals surface area contributed by atoms with Crippen LogP contribution in [0.25, 0.3) is 0 Å². The van der Waals surface area contributed by atoms with Crippen molar-refractivity contribution in [1.29, 1.82) is 0 Å². The second-order valence-corrected chi connectivity index (χ2v) is 2.40. The van der Waals surface area contributed by atoms with Crippen molar-refractivity contribution in [3.8, 4) is 0 Å². The average Bonchev–Trinajstić information content (AvgIpc) is 1.89. The number of rotatable bonds is 5. The monoisotopic (exact) mass is 126 g/mol. The largest absolute Gasteiger partial charge is 0.0885 e. The molecule has 0 saturated carbocycles. The van der Waals surface area contributed by atoms with Crippen LogP contribution in [0.15, 0.2) is 12.2 Å². The molecule has 0 fully saturated rings. The van der Waals surface area contributed by atoms with Crippen LogP contribution < -0.4 is 0 Å². The summed E-state index contributed by atoms with van der Waals surface area (Å²) in [6.07, 6.45) is 11.1. The van der Waals surface area contributed by atoms with Gasteiger partial charge < -0.3 is 0 Å². The summed E-state index contributed by atoms with van der Waals surface area (Å²) in [5.74, 6) is 0. The van der Waals surface area contributed by atoms with Gasteiger partial charge >= 0.3 is 0 Å². The molecular weight excluding hydrogens is 108 g/mol. The number of unbranched alkanes of at least 4 members (excludes halogenated alkanes) is 3. The molecule has 0 N–H and O–H groups in total. The van der Waals surface area contributed by atoms with Crippen molar-refractivity contribution in [3.63, 3.8) is 0 Å². The van der Waals surface area contributed by atoms with Gasteiger partial charge in [0.25, 0.3) is 0 Å². The second-order valence-electron chi connectivity index (χ2n) is 2.40. The molecule has 0 amide bonds. The minimum absolute atomic E-state index is 1.25. The zero-order valence-electron chi connectivity index (χ0n) is 6.69. The Labute approximate surface area is 59.0 Å². The minimum atomic E-state index is 1.25. The predicted octanol–water partition coefficient (Wildman–Crippen LogP) is 3.53. The summed E-state index contributed by atoms with van der Waals surface area (Å²) < 4.78 is 0. The summed E-state index contributed by atoms with van der Waals surface area (Å²) in [5, 5.41) is 0. The van der Waals surface area contributed by atoms with Crippen LogP contribution in [0.5, 0.6) is 0 Å². The summed E-state index contributed by atoms with van der Waals surface area (Å²) in [5.41, 5.74) is 0. The first-order valence-corrected chi connectivity index (χ1v) is 4.06. The Morgan fingerprint density at radius 1 is 0.889 bits per heavy atom. The lowest BCUT2D eigenvalue weighted by atomic mass is 10.2. The molecule has 0 heteroatoms. The van der Waals surface area contributed by atoms with Crippen LogP contribution in [-0.4, -0.2) is 0 Å². The van der Waals surface area contributed by atoms with Crippen molar-refractivity contribution in [2.24, 2.45) is 0 Å². The van der Waals surface area contributed by atoms with E-state index in [4.69, 9.17) is 0 Å². The Morgan fingerprint density at radius 2 is 1.56 bits per heavy atom. The van der Waals surface area contributed by atoms with E-state index >= 15 is 0 Å². The van der Waals surface area contributed by atoms with Gasteiger partial charge in [0.15, 0.2) is 0 Å². The molecule has 0 aromatic carbocycles. The highest BCUT2D eigenvalue weighted by molar-refractivity contribution is 4.80. The second kappa shape index (κ2) is 7.74. The average molecular weight is 126 g/mol.